The molecule has 0 atom stereocenters. The first-order valence-electron chi connectivity index (χ1n) is 3.62. The average Bonchev–Trinajstić information content (AvgIpc) is 2.37. The molecule has 0 aliphatic heterocycles. The Labute approximate surface area is 96.2 Å². The van der Waals surface area contributed by atoms with Gasteiger partial charge in [-0.15, -0.1) is 0 Å². The normalized spacial score (nSPS) is 9.50. The van der Waals surface area contributed by atoms with Crippen LogP contribution >= 0.6 is 27.5 Å². The van der Waals surface area contributed by atoms with Crippen LogP contribution in [0.2, 0.25) is 5.15 Å². The van der Waals surface area contributed by atoms with Crippen molar-refractivity contribution in [2.24, 2.45) is 0 Å². The summed E-state index contributed by atoms with van der Waals surface area (Å²) in [5, 5.41) is 1.84. The molecule has 0 bridgehead atoms. The fourth-order valence-corrected chi connectivity index (χ4v) is 1.48. The average molecular weight is 318 g/mol. The Hall–Kier alpha value is 0.460. The van der Waals surface area contributed by atoms with E-state index in [0.29, 0.717) is 0 Å². The molecule has 0 saturated carbocycles. The van der Waals surface area contributed by atoms with Crippen LogP contribution in [-0.2, 0) is 6.54 Å². The summed E-state index contributed by atoms with van der Waals surface area (Å²) in [6.45, 7) is 0.994. The Balaban J connectivity index is 0.00000121. The fourth-order valence-electron chi connectivity index (χ4n) is 0.889. The van der Waals surface area contributed by atoms with Crippen molar-refractivity contribution in [3.05, 3.63) is 17.7 Å². The molecule has 0 aliphatic rings. The molecule has 0 radical (unpaired) electrons. The van der Waals surface area contributed by atoms with Crippen LogP contribution in [0.15, 0.2) is 12.5 Å². The molecule has 12 heavy (non-hydrogen) atoms. The van der Waals surface area contributed by atoms with E-state index >= 15 is 0 Å². The van der Waals surface area contributed by atoms with Gasteiger partial charge in [-0.3, -0.25) is 0 Å². The van der Waals surface area contributed by atoms with Gasteiger partial charge in [-0.2, -0.15) is 0 Å². The molecule has 0 aromatic carbocycles. The van der Waals surface area contributed by atoms with E-state index in [1.807, 2.05) is 10.9 Å². The third kappa shape index (κ3) is 3.92. The van der Waals surface area contributed by atoms with Crippen molar-refractivity contribution in [2.45, 2.75) is 19.4 Å². The highest BCUT2D eigenvalue weighted by atomic mass is 79.9. The van der Waals surface area contributed by atoms with Gasteiger partial charge in [0.25, 0.3) is 0 Å². The number of aromatic nitrogens is 2. The van der Waals surface area contributed by atoms with Crippen LogP contribution in [0.5, 0.6) is 0 Å². The second-order valence-corrected chi connectivity index (χ2v) is 3.53. The maximum absolute atomic E-state index is 5.84. The van der Waals surface area contributed by atoms with Crippen LogP contribution in [0.4, 0.5) is 0 Å². The number of imidazole rings is 1. The Kier molecular flexibility index (Phi) is 7.19. The van der Waals surface area contributed by atoms with Gasteiger partial charge in [0, 0.05) is 5.33 Å². The summed E-state index contributed by atoms with van der Waals surface area (Å²) in [6.07, 6.45) is 6.02. The molecule has 1 rings (SSSR count). The molecule has 2 nitrogen and oxygen atoms in total. The zero-order valence-electron chi connectivity index (χ0n) is 6.56. The number of hydrogen-bond acceptors (Lipinski definition) is 0. The lowest BCUT2D eigenvalue weighted by Gasteiger charge is -1.94. The number of aromatic amines is 1. The lowest BCUT2D eigenvalue weighted by molar-refractivity contribution is -0.693. The third-order valence-electron chi connectivity index (χ3n) is 1.49. The third-order valence-corrected chi connectivity index (χ3v) is 2.38. The van der Waals surface area contributed by atoms with Gasteiger partial charge < -0.3 is 17.0 Å². The van der Waals surface area contributed by atoms with Crippen molar-refractivity contribution < 1.29 is 21.5 Å². The standard InChI is InChI=1S/C7H10BrClN2.BrH/c8-3-1-2-4-11-6-10-5-7(11)9;/h5-6H,1-4H2;1H. The minimum absolute atomic E-state index is 0. The molecular weight excluding hydrogens is 307 g/mol. The fraction of sp³-hybridized carbons (Fsp3) is 0.571. The molecule has 1 N–H and O–H groups in total. The van der Waals surface area contributed by atoms with Crippen LogP contribution in [0.25, 0.3) is 0 Å². The van der Waals surface area contributed by atoms with E-state index in [-0.39, 0.29) is 17.0 Å². The molecule has 0 spiro atoms. The SMILES string of the molecule is Clc1c[nH]c[n+]1CCCCBr.[Br-]. The maximum atomic E-state index is 5.84. The molecule has 70 valence electrons. The quantitative estimate of drug-likeness (QED) is 0.423. The van der Waals surface area contributed by atoms with E-state index in [2.05, 4.69) is 20.9 Å². The highest BCUT2D eigenvalue weighted by Crippen LogP contribution is 1.99. The van der Waals surface area contributed by atoms with E-state index in [1.165, 1.54) is 6.42 Å². The molecule has 0 fully saturated rings. The molecule has 0 unspecified atom stereocenters. The maximum Gasteiger partial charge on any atom is 0.242 e. The number of hydrogen-bond donors (Lipinski definition) is 1. The Morgan fingerprint density at radius 3 is 2.75 bits per heavy atom. The monoisotopic (exact) mass is 316 g/mol. The van der Waals surface area contributed by atoms with Gasteiger partial charge in [0.1, 0.15) is 6.20 Å². The largest absolute Gasteiger partial charge is 1.00 e. The van der Waals surface area contributed by atoms with Crippen LogP contribution in [0, 0.1) is 0 Å². The van der Waals surface area contributed by atoms with Crippen LogP contribution in [-0.4, -0.2) is 10.3 Å². The van der Waals surface area contributed by atoms with E-state index in [9.17, 15) is 0 Å². The summed E-state index contributed by atoms with van der Waals surface area (Å²) in [5.41, 5.74) is 0. The van der Waals surface area contributed by atoms with Crippen molar-refractivity contribution in [3.63, 3.8) is 0 Å². The minimum atomic E-state index is 0. The molecule has 1 aromatic rings. The van der Waals surface area contributed by atoms with Crippen LogP contribution < -0.4 is 21.5 Å². The van der Waals surface area contributed by atoms with Gasteiger partial charge in [0.05, 0.1) is 6.54 Å². The van der Waals surface area contributed by atoms with E-state index in [4.69, 9.17) is 11.6 Å². The highest BCUT2D eigenvalue weighted by molar-refractivity contribution is 9.09. The minimum Gasteiger partial charge on any atom is -1.00 e. The first kappa shape index (κ1) is 12.5. The smallest absolute Gasteiger partial charge is 0.242 e. The summed E-state index contributed by atoms with van der Waals surface area (Å²) >= 11 is 9.22. The van der Waals surface area contributed by atoms with Crippen molar-refractivity contribution in [1.82, 2.24) is 4.98 Å². The number of nitrogens with one attached hydrogen (secondary N) is 1. The highest BCUT2D eigenvalue weighted by Gasteiger charge is 2.03. The van der Waals surface area contributed by atoms with Gasteiger partial charge in [-0.05, 0) is 24.4 Å². The van der Waals surface area contributed by atoms with E-state index in [1.54, 1.807) is 6.20 Å². The molecule has 1 aromatic heterocycles. The van der Waals surface area contributed by atoms with Gasteiger partial charge in [-0.1, -0.05) is 15.9 Å². The van der Waals surface area contributed by atoms with Gasteiger partial charge in [-0.25, -0.2) is 9.55 Å². The van der Waals surface area contributed by atoms with Crippen molar-refractivity contribution >= 4 is 27.5 Å². The first-order chi connectivity index (χ1) is 5.34. The molecule has 0 aliphatic carbocycles. The lowest BCUT2D eigenvalue weighted by atomic mass is 10.3. The van der Waals surface area contributed by atoms with E-state index in [0.717, 1.165) is 23.4 Å². The predicted molar refractivity (Wildman–Crippen MR) is 49.0 cm³/mol. The number of H-pyrrole nitrogens is 1. The Bertz CT molecular complexity index is 215. The molecule has 5 heteroatoms. The van der Waals surface area contributed by atoms with Crippen molar-refractivity contribution in [3.8, 4) is 0 Å². The second kappa shape index (κ2) is 6.92. The summed E-state index contributed by atoms with van der Waals surface area (Å²) in [4.78, 5) is 2.94. The topological polar surface area (TPSA) is 19.7 Å². The van der Waals surface area contributed by atoms with Crippen LogP contribution in [0.3, 0.4) is 0 Å². The zero-order chi connectivity index (χ0) is 8.10. The Morgan fingerprint density at radius 1 is 1.50 bits per heavy atom. The number of halogens is 3. The number of unbranched alkanes of at least 4 members (excludes halogenated alkanes) is 1. The summed E-state index contributed by atoms with van der Waals surface area (Å²) in [6, 6.07) is 0. The summed E-state index contributed by atoms with van der Waals surface area (Å²) in [5.74, 6) is 0. The molecular formula is C7H11Br2ClN2. The van der Waals surface area contributed by atoms with Gasteiger partial charge >= 0.3 is 0 Å². The number of rotatable bonds is 4. The lowest BCUT2D eigenvalue weighted by Crippen LogP contribution is -3.00. The summed E-state index contributed by atoms with van der Waals surface area (Å²) in [7, 11) is 0. The second-order valence-electron chi connectivity index (χ2n) is 2.35. The molecule has 0 amide bonds. The number of aryl methyl sites for hydroxylation is 1. The molecule has 1 heterocycles. The molecule has 0 saturated heterocycles. The van der Waals surface area contributed by atoms with Gasteiger partial charge in [0.2, 0.25) is 11.5 Å². The number of alkyl halides is 1. The van der Waals surface area contributed by atoms with Gasteiger partial charge in [0.15, 0.2) is 0 Å². The van der Waals surface area contributed by atoms with Crippen molar-refractivity contribution in [1.29, 1.82) is 0 Å². The van der Waals surface area contributed by atoms with E-state index < -0.39 is 0 Å². The summed E-state index contributed by atoms with van der Waals surface area (Å²) < 4.78 is 2.00. The zero-order valence-corrected chi connectivity index (χ0v) is 10.5. The van der Waals surface area contributed by atoms with Crippen LogP contribution in [0.1, 0.15) is 12.8 Å². The predicted octanol–water partition coefficient (Wildman–Crippen LogP) is -0.865. The van der Waals surface area contributed by atoms with Crippen molar-refractivity contribution in [2.75, 3.05) is 5.33 Å². The number of nitrogens with zero attached hydrogens (tertiary/aromatic N) is 1. The Morgan fingerprint density at radius 2 is 2.25 bits per heavy atom. The first-order valence-corrected chi connectivity index (χ1v) is 5.12.